The normalized spacial score (nSPS) is 18.9. The molecule has 0 aliphatic carbocycles. The van der Waals surface area contributed by atoms with Crippen LogP contribution in [0.25, 0.3) is 11.0 Å². The molecule has 3 aromatic rings. The third-order valence-corrected chi connectivity index (χ3v) is 7.19. The van der Waals surface area contributed by atoms with Gasteiger partial charge >= 0.3 is 0 Å². The molecule has 156 valence electrons. The van der Waals surface area contributed by atoms with Crippen molar-refractivity contribution in [2.24, 2.45) is 5.92 Å². The van der Waals surface area contributed by atoms with Crippen molar-refractivity contribution >= 4 is 20.9 Å². The molecular weight excluding hydrogens is 402 g/mol. The van der Waals surface area contributed by atoms with Crippen LogP contribution in [0.3, 0.4) is 0 Å². The summed E-state index contributed by atoms with van der Waals surface area (Å²) >= 11 is 0. The zero-order valence-electron chi connectivity index (χ0n) is 16.4. The van der Waals surface area contributed by atoms with Gasteiger partial charge in [-0.15, -0.1) is 0 Å². The van der Waals surface area contributed by atoms with E-state index in [1.54, 1.807) is 24.3 Å². The highest BCUT2D eigenvalue weighted by atomic mass is 32.2. The van der Waals surface area contributed by atoms with Gasteiger partial charge in [-0.2, -0.15) is 5.26 Å². The smallest absolute Gasteiger partial charge is 0.150 e. The summed E-state index contributed by atoms with van der Waals surface area (Å²) in [6.45, 7) is 0.390. The Morgan fingerprint density at radius 1 is 1.23 bits per heavy atom. The molecule has 4 rings (SSSR count). The number of fused-ring (bicyclic) bond motifs is 1. The second-order valence-electron chi connectivity index (χ2n) is 7.70. The first-order chi connectivity index (χ1) is 14.4. The molecule has 2 heterocycles. The summed E-state index contributed by atoms with van der Waals surface area (Å²) in [7, 11) is -2.95. The molecule has 1 N–H and O–H groups in total. The standard InChI is InChI=1S/C22H23N3O4S/c23-12-16-5-7-19(8-6-16)29-14-18(26)13-25-21-4-2-1-3-20(21)24-22(25)11-17-9-10-30(27,28)15-17/h1-8,17-18,26H,9-11,13-15H2. The molecular formula is C22H23N3O4S. The first-order valence-electron chi connectivity index (χ1n) is 9.89. The molecule has 2 aromatic carbocycles. The molecule has 0 radical (unpaired) electrons. The fourth-order valence-corrected chi connectivity index (χ4v) is 5.72. The Bertz CT molecular complexity index is 1180. The van der Waals surface area contributed by atoms with Crippen molar-refractivity contribution in [2.75, 3.05) is 18.1 Å². The quantitative estimate of drug-likeness (QED) is 0.623. The van der Waals surface area contributed by atoms with E-state index in [0.29, 0.717) is 30.7 Å². The van der Waals surface area contributed by atoms with Crippen LogP contribution in [-0.4, -0.2) is 47.3 Å². The Kier molecular flexibility index (Phi) is 5.75. The van der Waals surface area contributed by atoms with E-state index in [-0.39, 0.29) is 24.0 Å². The van der Waals surface area contributed by atoms with Gasteiger partial charge in [0.25, 0.3) is 0 Å². The van der Waals surface area contributed by atoms with Gasteiger partial charge in [0.2, 0.25) is 0 Å². The number of sulfone groups is 1. The number of hydrogen-bond donors (Lipinski definition) is 1. The number of aliphatic hydroxyl groups excluding tert-OH is 1. The van der Waals surface area contributed by atoms with Crippen molar-refractivity contribution in [1.82, 2.24) is 9.55 Å². The van der Waals surface area contributed by atoms with E-state index in [1.807, 2.05) is 28.8 Å². The van der Waals surface area contributed by atoms with E-state index < -0.39 is 15.9 Å². The maximum absolute atomic E-state index is 11.8. The molecule has 0 amide bonds. The van der Waals surface area contributed by atoms with Gasteiger partial charge in [-0.25, -0.2) is 13.4 Å². The molecule has 1 fully saturated rings. The number of benzene rings is 2. The molecule has 2 unspecified atom stereocenters. The van der Waals surface area contributed by atoms with Crippen molar-refractivity contribution < 1.29 is 18.3 Å². The molecule has 1 aliphatic heterocycles. The number of para-hydroxylation sites is 2. The first kappa shape index (κ1) is 20.4. The predicted molar refractivity (Wildman–Crippen MR) is 113 cm³/mol. The summed E-state index contributed by atoms with van der Waals surface area (Å²) in [5, 5.41) is 19.4. The molecule has 7 nitrogen and oxygen atoms in total. The lowest BCUT2D eigenvalue weighted by Gasteiger charge is -2.17. The van der Waals surface area contributed by atoms with Gasteiger partial charge in [0.15, 0.2) is 9.84 Å². The fourth-order valence-electron chi connectivity index (χ4n) is 3.86. The third-order valence-electron chi connectivity index (χ3n) is 5.35. The number of aromatic nitrogens is 2. The number of aliphatic hydroxyl groups is 1. The SMILES string of the molecule is N#Cc1ccc(OCC(O)Cn2c(CC3CCS(=O)(=O)C3)nc3ccccc32)cc1. The summed E-state index contributed by atoms with van der Waals surface area (Å²) in [4.78, 5) is 4.70. The van der Waals surface area contributed by atoms with Crippen LogP contribution in [0.15, 0.2) is 48.5 Å². The van der Waals surface area contributed by atoms with Gasteiger partial charge in [-0.1, -0.05) is 12.1 Å². The molecule has 0 spiro atoms. The van der Waals surface area contributed by atoms with Crippen LogP contribution in [-0.2, 0) is 22.8 Å². The molecule has 0 saturated carbocycles. The topological polar surface area (TPSA) is 105 Å². The zero-order chi connectivity index (χ0) is 21.1. The molecule has 1 saturated heterocycles. The fraction of sp³-hybridized carbons (Fsp3) is 0.364. The van der Waals surface area contributed by atoms with Gasteiger partial charge in [0, 0.05) is 6.42 Å². The number of ether oxygens (including phenoxy) is 1. The molecule has 0 bridgehead atoms. The Balaban J connectivity index is 1.48. The number of hydrogen-bond acceptors (Lipinski definition) is 6. The Morgan fingerprint density at radius 3 is 2.70 bits per heavy atom. The van der Waals surface area contributed by atoms with Crippen LogP contribution in [0.4, 0.5) is 0 Å². The van der Waals surface area contributed by atoms with E-state index in [2.05, 4.69) is 6.07 Å². The lowest BCUT2D eigenvalue weighted by molar-refractivity contribution is 0.0926. The van der Waals surface area contributed by atoms with Gasteiger partial charge in [-0.05, 0) is 48.7 Å². The molecule has 2 atom stereocenters. The number of nitriles is 1. The predicted octanol–water partition coefficient (Wildman–Crippen LogP) is 2.33. The minimum Gasteiger partial charge on any atom is -0.491 e. The van der Waals surface area contributed by atoms with E-state index in [0.717, 1.165) is 16.9 Å². The number of nitrogens with zero attached hydrogens (tertiary/aromatic N) is 3. The van der Waals surface area contributed by atoms with Crippen LogP contribution >= 0.6 is 0 Å². The van der Waals surface area contributed by atoms with E-state index in [1.165, 1.54) is 0 Å². The zero-order valence-corrected chi connectivity index (χ0v) is 17.3. The maximum atomic E-state index is 11.8. The lowest BCUT2D eigenvalue weighted by Crippen LogP contribution is -2.25. The Labute approximate surface area is 175 Å². The first-order valence-corrected chi connectivity index (χ1v) is 11.7. The Hall–Kier alpha value is -2.89. The second-order valence-corrected chi connectivity index (χ2v) is 9.93. The van der Waals surface area contributed by atoms with E-state index in [4.69, 9.17) is 15.0 Å². The van der Waals surface area contributed by atoms with Crippen LogP contribution in [0.1, 0.15) is 17.8 Å². The Morgan fingerprint density at radius 2 is 2.00 bits per heavy atom. The average Bonchev–Trinajstić information content (AvgIpc) is 3.26. The largest absolute Gasteiger partial charge is 0.491 e. The van der Waals surface area contributed by atoms with Crippen molar-refractivity contribution in [3.63, 3.8) is 0 Å². The van der Waals surface area contributed by atoms with Crippen LogP contribution < -0.4 is 4.74 Å². The average molecular weight is 426 g/mol. The summed E-state index contributed by atoms with van der Waals surface area (Å²) in [5.41, 5.74) is 2.28. The van der Waals surface area contributed by atoms with Crippen molar-refractivity contribution in [2.45, 2.75) is 25.5 Å². The summed E-state index contributed by atoms with van der Waals surface area (Å²) in [6, 6.07) is 16.5. The minimum absolute atomic E-state index is 0.0533. The highest BCUT2D eigenvalue weighted by molar-refractivity contribution is 7.91. The molecule has 1 aromatic heterocycles. The van der Waals surface area contributed by atoms with Crippen molar-refractivity contribution in [3.8, 4) is 11.8 Å². The highest BCUT2D eigenvalue weighted by Gasteiger charge is 2.29. The maximum Gasteiger partial charge on any atom is 0.150 e. The molecule has 8 heteroatoms. The lowest BCUT2D eigenvalue weighted by atomic mass is 10.1. The number of imidazole rings is 1. The van der Waals surface area contributed by atoms with Gasteiger partial charge in [-0.3, -0.25) is 0 Å². The summed E-state index contributed by atoms with van der Waals surface area (Å²) in [6.07, 6.45) is 0.441. The highest BCUT2D eigenvalue weighted by Crippen LogP contribution is 2.25. The van der Waals surface area contributed by atoms with Gasteiger partial charge < -0.3 is 14.4 Å². The van der Waals surface area contributed by atoms with E-state index in [9.17, 15) is 13.5 Å². The summed E-state index contributed by atoms with van der Waals surface area (Å²) < 4.78 is 31.3. The van der Waals surface area contributed by atoms with E-state index >= 15 is 0 Å². The van der Waals surface area contributed by atoms with Crippen molar-refractivity contribution in [1.29, 1.82) is 5.26 Å². The summed E-state index contributed by atoms with van der Waals surface area (Å²) in [5.74, 6) is 1.85. The number of rotatable bonds is 7. The van der Waals surface area contributed by atoms with Crippen LogP contribution in [0, 0.1) is 17.2 Å². The van der Waals surface area contributed by atoms with Crippen LogP contribution in [0.2, 0.25) is 0 Å². The molecule has 1 aliphatic rings. The molecule has 30 heavy (non-hydrogen) atoms. The van der Waals surface area contributed by atoms with Gasteiger partial charge in [0.05, 0.1) is 40.7 Å². The van der Waals surface area contributed by atoms with Crippen molar-refractivity contribution in [3.05, 3.63) is 59.9 Å². The third kappa shape index (κ3) is 4.64. The van der Waals surface area contributed by atoms with Gasteiger partial charge in [0.1, 0.15) is 24.3 Å². The monoisotopic (exact) mass is 425 g/mol. The minimum atomic E-state index is -2.95. The van der Waals surface area contributed by atoms with Crippen LogP contribution in [0.5, 0.6) is 5.75 Å². The second kappa shape index (κ2) is 8.46.